The number of hydrogen-bond acceptors (Lipinski definition) is 3. The highest BCUT2D eigenvalue weighted by Gasteiger charge is 2.38. The molecule has 1 aliphatic heterocycles. The van der Waals surface area contributed by atoms with Gasteiger partial charge in [-0.05, 0) is 30.4 Å². The maximum absolute atomic E-state index is 9.32. The van der Waals surface area contributed by atoms with E-state index in [1.807, 2.05) is 11.8 Å². The normalized spacial score (nSPS) is 33.4. The zero-order valence-electron chi connectivity index (χ0n) is 10.3. The van der Waals surface area contributed by atoms with Crippen LogP contribution in [0.2, 0.25) is 0 Å². The van der Waals surface area contributed by atoms with Gasteiger partial charge < -0.3 is 9.84 Å². The Bertz CT molecular complexity index is 210. The molecule has 0 aromatic heterocycles. The van der Waals surface area contributed by atoms with E-state index in [9.17, 15) is 5.11 Å². The topological polar surface area (TPSA) is 29.5 Å². The molecule has 2 nitrogen and oxygen atoms in total. The molecule has 0 spiro atoms. The maximum Gasteiger partial charge on any atom is 0.0575 e. The van der Waals surface area contributed by atoms with Crippen molar-refractivity contribution in [2.24, 2.45) is 17.3 Å². The Balaban J connectivity index is 1.63. The molecule has 3 heteroatoms. The van der Waals surface area contributed by atoms with Crippen molar-refractivity contribution >= 4 is 11.8 Å². The molecular weight excluding hydrogens is 220 g/mol. The van der Waals surface area contributed by atoms with E-state index < -0.39 is 0 Å². The van der Waals surface area contributed by atoms with Crippen LogP contribution in [0, 0.1) is 17.3 Å². The third-order valence-corrected chi connectivity index (χ3v) is 5.48. The predicted octanol–water partition coefficient (Wildman–Crippen LogP) is 2.55. The van der Waals surface area contributed by atoms with Gasteiger partial charge in [0.15, 0.2) is 0 Å². The minimum atomic E-state index is 0.102. The number of aliphatic hydroxyl groups is 1. The number of ether oxygens (including phenoxy) is 1. The lowest BCUT2D eigenvalue weighted by Crippen LogP contribution is -2.47. The van der Waals surface area contributed by atoms with Gasteiger partial charge in [-0.15, -0.1) is 0 Å². The molecule has 2 atom stereocenters. The van der Waals surface area contributed by atoms with E-state index in [-0.39, 0.29) is 5.41 Å². The molecule has 1 saturated heterocycles. The molecule has 1 aliphatic carbocycles. The number of aliphatic hydroxyl groups excluding tert-OH is 1. The minimum Gasteiger partial charge on any atom is -0.396 e. The summed E-state index contributed by atoms with van der Waals surface area (Å²) in [5, 5.41) is 9.32. The second kappa shape index (κ2) is 5.74. The van der Waals surface area contributed by atoms with Crippen LogP contribution < -0.4 is 0 Å². The lowest BCUT2D eigenvalue weighted by Gasteiger charge is -2.40. The Labute approximate surface area is 103 Å². The van der Waals surface area contributed by atoms with E-state index in [0.717, 1.165) is 30.8 Å². The van der Waals surface area contributed by atoms with E-state index in [4.69, 9.17) is 4.74 Å². The standard InChI is InChI=1S/C13H24O2S/c1-11-3-2-4-12(5-11)6-16-10-13(7-14)8-15-9-13/h11-12,14H,2-10H2,1H3. The fourth-order valence-corrected chi connectivity index (χ4v) is 4.21. The first-order valence-corrected chi connectivity index (χ1v) is 7.66. The van der Waals surface area contributed by atoms with E-state index in [2.05, 4.69) is 6.92 Å². The summed E-state index contributed by atoms with van der Waals surface area (Å²) in [5.74, 6) is 4.21. The summed E-state index contributed by atoms with van der Waals surface area (Å²) < 4.78 is 5.22. The average molecular weight is 244 g/mol. The number of rotatable bonds is 5. The summed E-state index contributed by atoms with van der Waals surface area (Å²) in [6.45, 7) is 4.20. The molecule has 94 valence electrons. The Morgan fingerprint density at radius 1 is 1.38 bits per heavy atom. The first-order chi connectivity index (χ1) is 7.74. The molecule has 1 saturated carbocycles. The molecule has 0 amide bonds. The summed E-state index contributed by atoms with van der Waals surface area (Å²) in [7, 11) is 0. The second-order valence-corrected chi connectivity index (χ2v) is 6.83. The van der Waals surface area contributed by atoms with E-state index in [0.29, 0.717) is 6.61 Å². The smallest absolute Gasteiger partial charge is 0.0575 e. The zero-order valence-corrected chi connectivity index (χ0v) is 11.1. The van der Waals surface area contributed by atoms with Crippen molar-refractivity contribution in [3.63, 3.8) is 0 Å². The summed E-state index contributed by atoms with van der Waals surface area (Å²) in [4.78, 5) is 0. The van der Waals surface area contributed by atoms with Gasteiger partial charge in [0.2, 0.25) is 0 Å². The van der Waals surface area contributed by atoms with Crippen LogP contribution in [0.5, 0.6) is 0 Å². The second-order valence-electron chi connectivity index (χ2n) is 5.80. The lowest BCUT2D eigenvalue weighted by atomic mass is 9.83. The summed E-state index contributed by atoms with van der Waals surface area (Å²) >= 11 is 2.03. The molecule has 2 rings (SSSR count). The zero-order chi connectivity index (χ0) is 11.4. The third-order valence-electron chi connectivity index (χ3n) is 3.96. The monoisotopic (exact) mass is 244 g/mol. The van der Waals surface area contributed by atoms with Gasteiger partial charge in [-0.3, -0.25) is 0 Å². The highest BCUT2D eigenvalue weighted by Crippen LogP contribution is 2.35. The van der Waals surface area contributed by atoms with Crippen molar-refractivity contribution in [3.05, 3.63) is 0 Å². The average Bonchev–Trinajstić information content (AvgIpc) is 2.22. The van der Waals surface area contributed by atoms with Crippen LogP contribution in [0.4, 0.5) is 0 Å². The quantitative estimate of drug-likeness (QED) is 0.806. The molecule has 0 aromatic carbocycles. The molecule has 2 fully saturated rings. The molecule has 0 radical (unpaired) electrons. The van der Waals surface area contributed by atoms with Crippen LogP contribution in [-0.2, 0) is 4.74 Å². The molecule has 2 unspecified atom stereocenters. The Kier molecular flexibility index (Phi) is 4.57. The summed E-state index contributed by atoms with van der Waals surface area (Å²) in [5.41, 5.74) is 0.102. The van der Waals surface area contributed by atoms with E-state index >= 15 is 0 Å². The van der Waals surface area contributed by atoms with Gasteiger partial charge in [-0.1, -0.05) is 19.8 Å². The van der Waals surface area contributed by atoms with Crippen molar-refractivity contribution in [3.8, 4) is 0 Å². The van der Waals surface area contributed by atoms with E-state index in [1.165, 1.54) is 31.4 Å². The predicted molar refractivity (Wildman–Crippen MR) is 68.8 cm³/mol. The van der Waals surface area contributed by atoms with Gasteiger partial charge in [-0.25, -0.2) is 0 Å². The Morgan fingerprint density at radius 3 is 2.75 bits per heavy atom. The molecule has 0 aromatic rings. The molecule has 0 bridgehead atoms. The third kappa shape index (κ3) is 3.14. The molecule has 1 heterocycles. The first kappa shape index (κ1) is 12.7. The van der Waals surface area contributed by atoms with Crippen LogP contribution in [0.3, 0.4) is 0 Å². The highest BCUT2D eigenvalue weighted by atomic mass is 32.2. The van der Waals surface area contributed by atoms with Gasteiger partial charge in [0.1, 0.15) is 0 Å². The van der Waals surface area contributed by atoms with Crippen molar-refractivity contribution < 1.29 is 9.84 Å². The molecule has 16 heavy (non-hydrogen) atoms. The van der Waals surface area contributed by atoms with Crippen molar-refractivity contribution in [1.82, 2.24) is 0 Å². The van der Waals surface area contributed by atoms with Gasteiger partial charge in [0.05, 0.1) is 19.8 Å². The fraction of sp³-hybridized carbons (Fsp3) is 1.00. The minimum absolute atomic E-state index is 0.102. The van der Waals surface area contributed by atoms with Crippen molar-refractivity contribution in [2.75, 3.05) is 31.3 Å². The number of thioether (sulfide) groups is 1. The van der Waals surface area contributed by atoms with Gasteiger partial charge >= 0.3 is 0 Å². The summed E-state index contributed by atoms with van der Waals surface area (Å²) in [6.07, 6.45) is 5.67. The summed E-state index contributed by atoms with van der Waals surface area (Å²) in [6, 6.07) is 0. The van der Waals surface area contributed by atoms with Crippen LogP contribution in [0.25, 0.3) is 0 Å². The van der Waals surface area contributed by atoms with Crippen LogP contribution in [-0.4, -0.2) is 36.4 Å². The fourth-order valence-electron chi connectivity index (χ4n) is 2.76. The Morgan fingerprint density at radius 2 is 2.19 bits per heavy atom. The number of hydrogen-bond donors (Lipinski definition) is 1. The van der Waals surface area contributed by atoms with Crippen molar-refractivity contribution in [1.29, 1.82) is 0 Å². The van der Waals surface area contributed by atoms with Gasteiger partial charge in [0, 0.05) is 11.2 Å². The van der Waals surface area contributed by atoms with Gasteiger partial charge in [-0.2, -0.15) is 11.8 Å². The highest BCUT2D eigenvalue weighted by molar-refractivity contribution is 7.99. The van der Waals surface area contributed by atoms with Crippen LogP contribution >= 0.6 is 11.8 Å². The van der Waals surface area contributed by atoms with Gasteiger partial charge in [0.25, 0.3) is 0 Å². The van der Waals surface area contributed by atoms with Crippen LogP contribution in [0.1, 0.15) is 32.6 Å². The lowest BCUT2D eigenvalue weighted by molar-refractivity contribution is -0.121. The first-order valence-electron chi connectivity index (χ1n) is 6.50. The SMILES string of the molecule is CC1CCCC(CSCC2(CO)COC2)C1. The molecule has 2 aliphatic rings. The Hall–Kier alpha value is 0.270. The molecule has 1 N–H and O–H groups in total. The van der Waals surface area contributed by atoms with Crippen LogP contribution in [0.15, 0.2) is 0 Å². The largest absolute Gasteiger partial charge is 0.396 e. The van der Waals surface area contributed by atoms with E-state index in [1.54, 1.807) is 0 Å². The maximum atomic E-state index is 9.32. The van der Waals surface area contributed by atoms with Crippen molar-refractivity contribution in [2.45, 2.75) is 32.6 Å². The molecular formula is C13H24O2S.